The fourth-order valence-corrected chi connectivity index (χ4v) is 5.78. The number of halogens is 2. The molecule has 3 rings (SSSR count). The second-order valence-corrected chi connectivity index (χ2v) is 11.9. The molecule has 1 N–H and O–H groups in total. The zero-order chi connectivity index (χ0) is 27.2. The summed E-state index contributed by atoms with van der Waals surface area (Å²) in [7, 11) is -2.35. The lowest BCUT2D eigenvalue weighted by Gasteiger charge is -2.33. The summed E-state index contributed by atoms with van der Waals surface area (Å²) >= 11 is 12.4. The van der Waals surface area contributed by atoms with Crippen LogP contribution in [0.25, 0.3) is 0 Å². The van der Waals surface area contributed by atoms with Crippen LogP contribution in [-0.2, 0) is 26.2 Å². The maximum atomic E-state index is 13.8. The minimum Gasteiger partial charge on any atom is -0.497 e. The van der Waals surface area contributed by atoms with Crippen LogP contribution in [0.2, 0.25) is 10.0 Å². The van der Waals surface area contributed by atoms with E-state index in [0.29, 0.717) is 12.2 Å². The smallest absolute Gasteiger partial charge is 0.244 e. The quantitative estimate of drug-likeness (QED) is 0.425. The number of benzene rings is 2. The van der Waals surface area contributed by atoms with E-state index in [4.69, 9.17) is 27.9 Å². The van der Waals surface area contributed by atoms with E-state index in [1.165, 1.54) is 23.1 Å². The molecule has 1 saturated carbocycles. The topological polar surface area (TPSA) is 96.0 Å². The van der Waals surface area contributed by atoms with Crippen molar-refractivity contribution in [3.8, 4) is 5.75 Å². The highest BCUT2D eigenvalue weighted by molar-refractivity contribution is 7.92. The number of methoxy groups -OCH3 is 1. The molecule has 1 unspecified atom stereocenters. The molecule has 0 saturated heterocycles. The van der Waals surface area contributed by atoms with Crippen molar-refractivity contribution in [1.82, 2.24) is 10.2 Å². The highest BCUT2D eigenvalue weighted by Gasteiger charge is 2.33. The Hall–Kier alpha value is -2.49. The Morgan fingerprint density at radius 1 is 1.11 bits per heavy atom. The van der Waals surface area contributed by atoms with Gasteiger partial charge in [-0.15, -0.1) is 0 Å². The van der Waals surface area contributed by atoms with E-state index in [-0.39, 0.29) is 34.2 Å². The van der Waals surface area contributed by atoms with Crippen molar-refractivity contribution in [2.24, 2.45) is 0 Å². The average Bonchev–Trinajstić information content (AvgIpc) is 3.36. The van der Waals surface area contributed by atoms with Crippen molar-refractivity contribution >= 4 is 50.7 Å². The molecule has 2 amide bonds. The summed E-state index contributed by atoms with van der Waals surface area (Å²) in [5, 5.41) is 3.49. The standard InChI is InChI=1S/C26H33Cl2N3O5S/c1-4-23(26(33)29-20-7-5-6-8-20)30(16-18-9-12-21(36-2)13-10-18)25(32)17-31(37(3,34)35)24-15-19(27)11-14-22(24)28/h9-15,20,23H,4-8,16-17H2,1-3H3,(H,29,33). The zero-order valence-corrected chi connectivity index (χ0v) is 23.6. The molecule has 1 aliphatic rings. The summed E-state index contributed by atoms with van der Waals surface area (Å²) in [5.74, 6) is -0.125. The molecule has 0 bridgehead atoms. The van der Waals surface area contributed by atoms with Gasteiger partial charge in [-0.25, -0.2) is 8.42 Å². The van der Waals surface area contributed by atoms with Crippen LogP contribution in [0.4, 0.5) is 5.69 Å². The number of carbonyl (C=O) groups excluding carboxylic acids is 2. The zero-order valence-electron chi connectivity index (χ0n) is 21.2. The first-order valence-electron chi connectivity index (χ1n) is 12.2. The third kappa shape index (κ3) is 7.75. The van der Waals surface area contributed by atoms with Crippen molar-refractivity contribution in [1.29, 1.82) is 0 Å². The van der Waals surface area contributed by atoms with Gasteiger partial charge < -0.3 is 15.0 Å². The van der Waals surface area contributed by atoms with Crippen LogP contribution in [0.3, 0.4) is 0 Å². The molecular weight excluding hydrogens is 537 g/mol. The Morgan fingerprint density at radius 3 is 2.32 bits per heavy atom. The van der Waals surface area contributed by atoms with Crippen molar-refractivity contribution in [3.05, 3.63) is 58.1 Å². The average molecular weight is 571 g/mol. The number of hydrogen-bond acceptors (Lipinski definition) is 5. The van der Waals surface area contributed by atoms with Crippen molar-refractivity contribution in [3.63, 3.8) is 0 Å². The van der Waals surface area contributed by atoms with Gasteiger partial charge >= 0.3 is 0 Å². The van der Waals surface area contributed by atoms with Crippen LogP contribution in [0, 0.1) is 0 Å². The second kappa shape index (κ2) is 12.8. The molecule has 8 nitrogen and oxygen atoms in total. The number of sulfonamides is 1. The van der Waals surface area contributed by atoms with Gasteiger partial charge in [0, 0.05) is 17.6 Å². The number of nitrogens with zero attached hydrogens (tertiary/aromatic N) is 2. The van der Waals surface area contributed by atoms with Gasteiger partial charge in [-0.05, 0) is 55.2 Å². The molecule has 0 heterocycles. The molecule has 1 aliphatic carbocycles. The predicted molar refractivity (Wildman–Crippen MR) is 147 cm³/mol. The van der Waals surface area contributed by atoms with Gasteiger partial charge in [0.25, 0.3) is 0 Å². The van der Waals surface area contributed by atoms with Gasteiger partial charge in [-0.1, -0.05) is 55.1 Å². The number of anilines is 1. The molecule has 1 fully saturated rings. The Balaban J connectivity index is 1.94. The van der Waals surface area contributed by atoms with Crippen molar-refractivity contribution in [2.45, 2.75) is 57.7 Å². The maximum absolute atomic E-state index is 13.8. The van der Waals surface area contributed by atoms with E-state index in [1.807, 2.05) is 19.1 Å². The number of carbonyl (C=O) groups is 2. The molecule has 0 aliphatic heterocycles. The number of amides is 2. The maximum Gasteiger partial charge on any atom is 0.244 e. The molecule has 2 aromatic carbocycles. The summed E-state index contributed by atoms with van der Waals surface area (Å²) in [4.78, 5) is 28.5. The van der Waals surface area contributed by atoms with Crippen LogP contribution in [0.1, 0.15) is 44.6 Å². The van der Waals surface area contributed by atoms with Gasteiger partial charge in [0.15, 0.2) is 0 Å². The van der Waals surface area contributed by atoms with Crippen LogP contribution in [-0.4, -0.2) is 57.1 Å². The van der Waals surface area contributed by atoms with Gasteiger partial charge in [-0.3, -0.25) is 13.9 Å². The summed E-state index contributed by atoms with van der Waals surface area (Å²) in [6.07, 6.45) is 5.28. The summed E-state index contributed by atoms with van der Waals surface area (Å²) < 4.78 is 31.6. The van der Waals surface area contributed by atoms with Crippen molar-refractivity contribution < 1.29 is 22.7 Å². The monoisotopic (exact) mass is 569 g/mol. The molecule has 0 radical (unpaired) electrons. The Bertz CT molecular complexity index is 1200. The largest absolute Gasteiger partial charge is 0.497 e. The highest BCUT2D eigenvalue weighted by atomic mass is 35.5. The molecular formula is C26H33Cl2N3O5S. The van der Waals surface area contributed by atoms with Gasteiger partial charge in [0.05, 0.1) is 24.1 Å². The van der Waals surface area contributed by atoms with Gasteiger partial charge in [-0.2, -0.15) is 0 Å². The molecule has 11 heteroatoms. The van der Waals surface area contributed by atoms with Crippen LogP contribution in [0.15, 0.2) is 42.5 Å². The van der Waals surface area contributed by atoms with Crippen LogP contribution in [0.5, 0.6) is 5.75 Å². The lowest BCUT2D eigenvalue weighted by molar-refractivity contribution is -0.140. The molecule has 2 aromatic rings. The number of rotatable bonds is 11. The molecule has 0 aromatic heterocycles. The SMILES string of the molecule is CCC(C(=O)NC1CCCC1)N(Cc1ccc(OC)cc1)C(=O)CN(c1cc(Cl)ccc1Cl)S(C)(=O)=O. The molecule has 0 spiro atoms. The first kappa shape index (κ1) is 29.1. The third-order valence-electron chi connectivity index (χ3n) is 6.46. The Labute approximate surface area is 228 Å². The van der Waals surface area contributed by atoms with Crippen LogP contribution >= 0.6 is 23.2 Å². The van der Waals surface area contributed by atoms with Gasteiger partial charge in [0.2, 0.25) is 21.8 Å². The lowest BCUT2D eigenvalue weighted by atomic mass is 10.1. The number of ether oxygens (including phenoxy) is 1. The van der Waals surface area contributed by atoms with E-state index in [2.05, 4.69) is 5.32 Å². The first-order chi connectivity index (χ1) is 17.5. The first-order valence-corrected chi connectivity index (χ1v) is 14.8. The minimum absolute atomic E-state index is 0.0808. The predicted octanol–water partition coefficient (Wildman–Crippen LogP) is 4.63. The summed E-state index contributed by atoms with van der Waals surface area (Å²) in [6.45, 7) is 1.40. The third-order valence-corrected chi connectivity index (χ3v) is 8.14. The Morgan fingerprint density at radius 2 is 1.76 bits per heavy atom. The van der Waals surface area contributed by atoms with E-state index < -0.39 is 28.5 Å². The lowest BCUT2D eigenvalue weighted by Crippen LogP contribution is -2.53. The second-order valence-electron chi connectivity index (χ2n) is 9.15. The fourth-order valence-electron chi connectivity index (χ4n) is 4.49. The fraction of sp³-hybridized carbons (Fsp3) is 0.462. The van der Waals surface area contributed by atoms with E-state index >= 15 is 0 Å². The number of nitrogens with one attached hydrogen (secondary N) is 1. The van der Waals surface area contributed by atoms with Crippen molar-refractivity contribution in [2.75, 3.05) is 24.2 Å². The summed E-state index contributed by atoms with van der Waals surface area (Å²) in [6, 6.07) is 10.9. The Kier molecular flexibility index (Phi) is 10.1. The molecule has 1 atom stereocenters. The summed E-state index contributed by atoms with van der Waals surface area (Å²) in [5.41, 5.74) is 0.867. The molecule has 37 heavy (non-hydrogen) atoms. The minimum atomic E-state index is -3.91. The van der Waals surface area contributed by atoms with E-state index in [0.717, 1.165) is 41.8 Å². The van der Waals surface area contributed by atoms with E-state index in [1.54, 1.807) is 19.2 Å². The molecule has 202 valence electrons. The number of hydrogen-bond donors (Lipinski definition) is 1. The van der Waals surface area contributed by atoms with Crippen LogP contribution < -0.4 is 14.4 Å². The van der Waals surface area contributed by atoms with Gasteiger partial charge in [0.1, 0.15) is 18.3 Å². The van der Waals surface area contributed by atoms with E-state index in [9.17, 15) is 18.0 Å². The normalized spacial score (nSPS) is 14.7. The highest BCUT2D eigenvalue weighted by Crippen LogP contribution is 2.31.